The minimum atomic E-state index is -0.779. The summed E-state index contributed by atoms with van der Waals surface area (Å²) in [5, 5.41) is 18.0. The molecule has 0 saturated carbocycles. The maximum absolute atomic E-state index is 9.54. The second-order valence-electron chi connectivity index (χ2n) is 2.96. The van der Waals surface area contributed by atoms with Crippen molar-refractivity contribution in [3.63, 3.8) is 0 Å². The Balaban J connectivity index is 3.43. The molecule has 2 N–H and O–H groups in total. The summed E-state index contributed by atoms with van der Waals surface area (Å²) in [7, 11) is 0. The van der Waals surface area contributed by atoms with E-state index in [0.29, 0.717) is 26.1 Å². The standard InChI is InChI=1S/C8H18O3/c1-3-11-7-8(2,10)5-4-6-9/h9-10H,3-7H2,1-2H3. The minimum absolute atomic E-state index is 0.127. The average Bonchev–Trinajstić information content (AvgIpc) is 1.97. The first-order valence-corrected chi connectivity index (χ1v) is 4.03. The first kappa shape index (κ1) is 10.9. The summed E-state index contributed by atoms with van der Waals surface area (Å²) in [5.41, 5.74) is -0.779. The van der Waals surface area contributed by atoms with E-state index in [1.165, 1.54) is 0 Å². The van der Waals surface area contributed by atoms with Crippen LogP contribution in [0.1, 0.15) is 26.7 Å². The lowest BCUT2D eigenvalue weighted by atomic mass is 10.0. The van der Waals surface area contributed by atoms with E-state index in [-0.39, 0.29) is 6.61 Å². The zero-order chi connectivity index (χ0) is 8.74. The monoisotopic (exact) mass is 162 g/mol. The van der Waals surface area contributed by atoms with Gasteiger partial charge in [-0.2, -0.15) is 0 Å². The van der Waals surface area contributed by atoms with Crippen molar-refractivity contribution in [3.05, 3.63) is 0 Å². The van der Waals surface area contributed by atoms with Gasteiger partial charge in [-0.15, -0.1) is 0 Å². The first-order valence-electron chi connectivity index (χ1n) is 4.03. The maximum Gasteiger partial charge on any atom is 0.0853 e. The molecule has 0 aromatic heterocycles. The van der Waals surface area contributed by atoms with Gasteiger partial charge in [0.15, 0.2) is 0 Å². The molecule has 0 aromatic rings. The molecular weight excluding hydrogens is 144 g/mol. The van der Waals surface area contributed by atoms with E-state index >= 15 is 0 Å². The summed E-state index contributed by atoms with van der Waals surface area (Å²) in [6, 6.07) is 0. The quantitative estimate of drug-likeness (QED) is 0.599. The molecule has 0 fully saturated rings. The highest BCUT2D eigenvalue weighted by atomic mass is 16.5. The van der Waals surface area contributed by atoms with E-state index in [0.717, 1.165) is 0 Å². The third kappa shape index (κ3) is 6.28. The molecular formula is C8H18O3. The third-order valence-electron chi connectivity index (χ3n) is 1.49. The fourth-order valence-electron chi connectivity index (χ4n) is 0.854. The molecule has 0 rings (SSSR count). The van der Waals surface area contributed by atoms with Crippen LogP contribution in [-0.2, 0) is 4.74 Å². The first-order chi connectivity index (χ1) is 5.12. The third-order valence-corrected chi connectivity index (χ3v) is 1.49. The molecule has 3 nitrogen and oxygen atoms in total. The minimum Gasteiger partial charge on any atom is -0.396 e. The molecule has 68 valence electrons. The molecule has 0 heterocycles. The van der Waals surface area contributed by atoms with Crippen molar-refractivity contribution in [1.29, 1.82) is 0 Å². The Kier molecular flexibility index (Phi) is 5.46. The van der Waals surface area contributed by atoms with Crippen LogP contribution in [0.4, 0.5) is 0 Å². The summed E-state index contributed by atoms with van der Waals surface area (Å²) in [5.74, 6) is 0. The topological polar surface area (TPSA) is 49.7 Å². The van der Waals surface area contributed by atoms with Crippen molar-refractivity contribution in [1.82, 2.24) is 0 Å². The Hall–Kier alpha value is -0.120. The summed E-state index contributed by atoms with van der Waals surface area (Å²) >= 11 is 0. The van der Waals surface area contributed by atoms with Gasteiger partial charge in [0.1, 0.15) is 0 Å². The van der Waals surface area contributed by atoms with Gasteiger partial charge < -0.3 is 14.9 Å². The molecule has 0 saturated heterocycles. The molecule has 1 atom stereocenters. The van der Waals surface area contributed by atoms with Crippen molar-refractivity contribution in [2.75, 3.05) is 19.8 Å². The van der Waals surface area contributed by atoms with Crippen LogP contribution in [0.25, 0.3) is 0 Å². The molecule has 0 aliphatic rings. The van der Waals surface area contributed by atoms with E-state index in [2.05, 4.69) is 0 Å². The number of ether oxygens (including phenoxy) is 1. The maximum atomic E-state index is 9.54. The zero-order valence-electron chi connectivity index (χ0n) is 7.34. The highest BCUT2D eigenvalue weighted by Crippen LogP contribution is 2.11. The van der Waals surface area contributed by atoms with Crippen LogP contribution in [-0.4, -0.2) is 35.6 Å². The Labute approximate surface area is 68.0 Å². The van der Waals surface area contributed by atoms with Crippen molar-refractivity contribution >= 4 is 0 Å². The Bertz CT molecular complexity index is 81.3. The zero-order valence-corrected chi connectivity index (χ0v) is 7.34. The van der Waals surface area contributed by atoms with Crippen LogP contribution in [0.3, 0.4) is 0 Å². The fourth-order valence-corrected chi connectivity index (χ4v) is 0.854. The average molecular weight is 162 g/mol. The normalized spacial score (nSPS) is 16.4. The summed E-state index contributed by atoms with van der Waals surface area (Å²) in [6.45, 7) is 4.71. The van der Waals surface area contributed by atoms with Gasteiger partial charge in [0, 0.05) is 13.2 Å². The van der Waals surface area contributed by atoms with Crippen LogP contribution in [0.5, 0.6) is 0 Å². The number of hydrogen-bond donors (Lipinski definition) is 2. The summed E-state index contributed by atoms with van der Waals surface area (Å²) in [4.78, 5) is 0. The van der Waals surface area contributed by atoms with Crippen LogP contribution < -0.4 is 0 Å². The Morgan fingerprint density at radius 3 is 2.55 bits per heavy atom. The van der Waals surface area contributed by atoms with Crippen LogP contribution in [0.2, 0.25) is 0 Å². The second kappa shape index (κ2) is 5.52. The van der Waals surface area contributed by atoms with Gasteiger partial charge in [-0.3, -0.25) is 0 Å². The van der Waals surface area contributed by atoms with Crippen LogP contribution in [0.15, 0.2) is 0 Å². The Morgan fingerprint density at radius 1 is 1.45 bits per heavy atom. The van der Waals surface area contributed by atoms with Gasteiger partial charge in [-0.25, -0.2) is 0 Å². The molecule has 0 radical (unpaired) electrons. The highest BCUT2D eigenvalue weighted by molar-refractivity contribution is 4.70. The van der Waals surface area contributed by atoms with E-state index in [1.54, 1.807) is 6.92 Å². The van der Waals surface area contributed by atoms with Crippen molar-refractivity contribution in [2.24, 2.45) is 0 Å². The fraction of sp³-hybridized carbons (Fsp3) is 1.00. The molecule has 0 aliphatic carbocycles. The van der Waals surface area contributed by atoms with E-state index in [4.69, 9.17) is 9.84 Å². The molecule has 0 aromatic carbocycles. The number of hydrogen-bond acceptors (Lipinski definition) is 3. The second-order valence-corrected chi connectivity index (χ2v) is 2.96. The lowest BCUT2D eigenvalue weighted by Gasteiger charge is -2.22. The van der Waals surface area contributed by atoms with Gasteiger partial charge >= 0.3 is 0 Å². The predicted octanol–water partition coefficient (Wildman–Crippen LogP) is 0.546. The smallest absolute Gasteiger partial charge is 0.0853 e. The lowest BCUT2D eigenvalue weighted by Crippen LogP contribution is -2.30. The van der Waals surface area contributed by atoms with Gasteiger partial charge in [0.05, 0.1) is 12.2 Å². The van der Waals surface area contributed by atoms with Crippen LogP contribution in [0, 0.1) is 0 Å². The van der Waals surface area contributed by atoms with Crippen molar-refractivity contribution in [2.45, 2.75) is 32.3 Å². The number of rotatable bonds is 6. The van der Waals surface area contributed by atoms with Gasteiger partial charge in [0.25, 0.3) is 0 Å². The predicted molar refractivity (Wildman–Crippen MR) is 43.4 cm³/mol. The Morgan fingerprint density at radius 2 is 2.09 bits per heavy atom. The summed E-state index contributed by atoms with van der Waals surface area (Å²) in [6.07, 6.45) is 1.21. The highest BCUT2D eigenvalue weighted by Gasteiger charge is 2.19. The molecule has 0 amide bonds. The van der Waals surface area contributed by atoms with E-state index in [9.17, 15) is 5.11 Å². The number of aliphatic hydroxyl groups is 2. The van der Waals surface area contributed by atoms with E-state index in [1.807, 2.05) is 6.92 Å². The van der Waals surface area contributed by atoms with Gasteiger partial charge in [-0.05, 0) is 26.7 Å². The molecule has 0 spiro atoms. The van der Waals surface area contributed by atoms with Gasteiger partial charge in [-0.1, -0.05) is 0 Å². The van der Waals surface area contributed by atoms with E-state index < -0.39 is 5.60 Å². The van der Waals surface area contributed by atoms with Crippen LogP contribution >= 0.6 is 0 Å². The largest absolute Gasteiger partial charge is 0.396 e. The van der Waals surface area contributed by atoms with Gasteiger partial charge in [0.2, 0.25) is 0 Å². The number of aliphatic hydroxyl groups excluding tert-OH is 1. The molecule has 0 aliphatic heterocycles. The molecule has 3 heteroatoms. The molecule has 0 bridgehead atoms. The SMILES string of the molecule is CCOCC(C)(O)CCCO. The van der Waals surface area contributed by atoms with Crippen molar-refractivity contribution in [3.8, 4) is 0 Å². The lowest BCUT2D eigenvalue weighted by molar-refractivity contribution is -0.0386. The molecule has 11 heavy (non-hydrogen) atoms. The van der Waals surface area contributed by atoms with Crippen molar-refractivity contribution < 1.29 is 14.9 Å². The summed E-state index contributed by atoms with van der Waals surface area (Å²) < 4.78 is 5.06. The molecule has 1 unspecified atom stereocenters.